The summed E-state index contributed by atoms with van der Waals surface area (Å²) in [4.78, 5) is 4.40. The molecule has 0 saturated carbocycles. The zero-order valence-electron chi connectivity index (χ0n) is 11.8. The van der Waals surface area contributed by atoms with Crippen molar-refractivity contribution in [2.24, 2.45) is 0 Å². The Kier molecular flexibility index (Phi) is 5.42. The number of nitrogens with zero attached hydrogens (tertiary/aromatic N) is 1. The van der Waals surface area contributed by atoms with E-state index in [1.54, 1.807) is 7.11 Å². The van der Waals surface area contributed by atoms with Gasteiger partial charge in [0.2, 0.25) is 5.88 Å². The summed E-state index contributed by atoms with van der Waals surface area (Å²) in [6.07, 6.45) is 0.805. The van der Waals surface area contributed by atoms with Crippen LogP contribution >= 0.6 is 11.6 Å². The minimum Gasteiger partial charge on any atom is -0.477 e. The molecule has 18 heavy (non-hydrogen) atoms. The fraction of sp³-hybridized carbons (Fsp3) is 0.643. The highest BCUT2D eigenvalue weighted by molar-refractivity contribution is 6.17. The third-order valence-corrected chi connectivity index (χ3v) is 3.33. The van der Waals surface area contributed by atoms with Gasteiger partial charge in [-0.2, -0.15) is 0 Å². The van der Waals surface area contributed by atoms with Gasteiger partial charge in [-0.15, -0.1) is 11.6 Å². The fourth-order valence-corrected chi connectivity index (χ4v) is 1.93. The van der Waals surface area contributed by atoms with Crippen LogP contribution in [0.3, 0.4) is 0 Å². The minimum absolute atomic E-state index is 0.181. The highest BCUT2D eigenvalue weighted by Crippen LogP contribution is 2.23. The van der Waals surface area contributed by atoms with Crippen LogP contribution in [0.15, 0.2) is 6.07 Å². The summed E-state index contributed by atoms with van der Waals surface area (Å²) in [5, 5.41) is 0. The van der Waals surface area contributed by atoms with Crippen molar-refractivity contribution in [1.29, 1.82) is 0 Å². The summed E-state index contributed by atoms with van der Waals surface area (Å²) in [6, 6.07) is 2.02. The molecule has 0 radical (unpaired) electrons. The lowest BCUT2D eigenvalue weighted by Gasteiger charge is -2.23. The second kappa shape index (κ2) is 6.39. The molecule has 0 aliphatic carbocycles. The van der Waals surface area contributed by atoms with Crippen molar-refractivity contribution in [3.63, 3.8) is 0 Å². The Morgan fingerprint density at radius 2 is 2.00 bits per heavy atom. The number of methoxy groups -OCH3 is 1. The Labute approximate surface area is 114 Å². The number of alkyl halides is 1. The van der Waals surface area contributed by atoms with E-state index in [9.17, 15) is 0 Å². The molecule has 3 nitrogen and oxygen atoms in total. The summed E-state index contributed by atoms with van der Waals surface area (Å²) < 4.78 is 11.1. The van der Waals surface area contributed by atoms with Gasteiger partial charge >= 0.3 is 0 Å². The van der Waals surface area contributed by atoms with Gasteiger partial charge in [0.05, 0.1) is 18.1 Å². The van der Waals surface area contributed by atoms with Crippen molar-refractivity contribution >= 4 is 11.6 Å². The van der Waals surface area contributed by atoms with Crippen LogP contribution in [0, 0.1) is 13.8 Å². The number of hydrogen-bond acceptors (Lipinski definition) is 3. The van der Waals surface area contributed by atoms with Crippen LogP contribution in [-0.4, -0.2) is 24.3 Å². The Morgan fingerprint density at radius 1 is 1.33 bits per heavy atom. The molecular formula is C14H22ClNO2. The van der Waals surface area contributed by atoms with Gasteiger partial charge in [-0.25, -0.2) is 4.98 Å². The van der Waals surface area contributed by atoms with Crippen LogP contribution in [0.5, 0.6) is 5.88 Å². The molecule has 0 N–H and O–H groups in total. The number of pyridine rings is 1. The van der Waals surface area contributed by atoms with Crippen LogP contribution in [0.4, 0.5) is 0 Å². The van der Waals surface area contributed by atoms with E-state index in [0.717, 1.165) is 23.2 Å². The SMILES string of the molecule is COC(C)(C)CCOc1nc(C)cc(C)c1CCl. The van der Waals surface area contributed by atoms with Crippen LogP contribution in [0.1, 0.15) is 37.1 Å². The molecule has 0 spiro atoms. The zero-order valence-corrected chi connectivity index (χ0v) is 12.6. The summed E-state index contributed by atoms with van der Waals surface area (Å²) >= 11 is 5.94. The van der Waals surface area contributed by atoms with E-state index in [0.29, 0.717) is 18.4 Å². The molecule has 0 atom stereocenters. The third-order valence-electron chi connectivity index (χ3n) is 3.07. The van der Waals surface area contributed by atoms with Crippen molar-refractivity contribution in [2.45, 2.75) is 45.6 Å². The Hall–Kier alpha value is -0.800. The van der Waals surface area contributed by atoms with Crippen molar-refractivity contribution in [3.8, 4) is 5.88 Å². The first-order chi connectivity index (χ1) is 8.39. The predicted molar refractivity (Wildman–Crippen MR) is 74.5 cm³/mol. The highest BCUT2D eigenvalue weighted by atomic mass is 35.5. The van der Waals surface area contributed by atoms with Gasteiger partial charge in [0.15, 0.2) is 0 Å². The lowest BCUT2D eigenvalue weighted by Crippen LogP contribution is -2.25. The molecule has 0 amide bonds. The lowest BCUT2D eigenvalue weighted by atomic mass is 10.1. The largest absolute Gasteiger partial charge is 0.477 e. The van der Waals surface area contributed by atoms with E-state index in [1.165, 1.54) is 0 Å². The van der Waals surface area contributed by atoms with Crippen LogP contribution in [0.25, 0.3) is 0 Å². The smallest absolute Gasteiger partial charge is 0.218 e. The third kappa shape index (κ3) is 4.14. The molecule has 0 saturated heterocycles. The minimum atomic E-state index is -0.181. The first-order valence-corrected chi connectivity index (χ1v) is 6.64. The molecule has 1 heterocycles. The number of rotatable bonds is 6. The van der Waals surface area contributed by atoms with Gasteiger partial charge < -0.3 is 9.47 Å². The summed E-state index contributed by atoms with van der Waals surface area (Å²) in [7, 11) is 1.71. The summed E-state index contributed by atoms with van der Waals surface area (Å²) in [6.45, 7) is 8.62. The van der Waals surface area contributed by atoms with E-state index in [1.807, 2.05) is 33.8 Å². The molecule has 0 bridgehead atoms. The number of aryl methyl sites for hydroxylation is 2. The second-order valence-electron chi connectivity index (χ2n) is 5.06. The molecule has 0 aromatic carbocycles. The number of halogens is 1. The lowest BCUT2D eigenvalue weighted by molar-refractivity contribution is 0.00500. The monoisotopic (exact) mass is 271 g/mol. The molecule has 102 valence electrons. The standard InChI is InChI=1S/C14H22ClNO2/c1-10-8-11(2)16-13(12(10)9-15)18-7-6-14(3,4)17-5/h8H,6-7,9H2,1-5H3. The van der Waals surface area contributed by atoms with Crippen molar-refractivity contribution < 1.29 is 9.47 Å². The van der Waals surface area contributed by atoms with E-state index >= 15 is 0 Å². The van der Waals surface area contributed by atoms with E-state index in [4.69, 9.17) is 21.1 Å². The topological polar surface area (TPSA) is 31.4 Å². The van der Waals surface area contributed by atoms with Crippen LogP contribution in [-0.2, 0) is 10.6 Å². The normalized spacial score (nSPS) is 11.7. The van der Waals surface area contributed by atoms with Gasteiger partial charge in [-0.1, -0.05) is 0 Å². The molecule has 1 rings (SSSR count). The molecule has 0 aliphatic heterocycles. The average molecular weight is 272 g/mol. The Morgan fingerprint density at radius 3 is 2.56 bits per heavy atom. The Balaban J connectivity index is 2.73. The fourth-order valence-electron chi connectivity index (χ4n) is 1.61. The van der Waals surface area contributed by atoms with Crippen molar-refractivity contribution in [3.05, 3.63) is 22.9 Å². The van der Waals surface area contributed by atoms with Gasteiger partial charge in [-0.3, -0.25) is 0 Å². The molecular weight excluding hydrogens is 250 g/mol. The molecule has 1 aromatic heterocycles. The Bertz CT molecular complexity index is 405. The predicted octanol–water partition coefficient (Wildman–Crippen LogP) is 3.63. The molecule has 0 aliphatic rings. The number of ether oxygens (including phenoxy) is 2. The molecule has 0 unspecified atom stereocenters. The van der Waals surface area contributed by atoms with Gasteiger partial charge in [0, 0.05) is 24.8 Å². The number of aromatic nitrogens is 1. The van der Waals surface area contributed by atoms with Crippen LogP contribution in [0.2, 0.25) is 0 Å². The summed E-state index contributed by atoms with van der Waals surface area (Å²) in [5.41, 5.74) is 2.86. The number of hydrogen-bond donors (Lipinski definition) is 0. The maximum atomic E-state index is 5.94. The van der Waals surface area contributed by atoms with Gasteiger partial charge in [-0.05, 0) is 39.3 Å². The van der Waals surface area contributed by atoms with Crippen molar-refractivity contribution in [1.82, 2.24) is 4.98 Å². The maximum absolute atomic E-state index is 5.94. The molecule has 4 heteroatoms. The first-order valence-electron chi connectivity index (χ1n) is 6.10. The molecule has 0 fully saturated rings. The van der Waals surface area contributed by atoms with Gasteiger partial charge in [0.25, 0.3) is 0 Å². The quantitative estimate of drug-likeness (QED) is 0.741. The van der Waals surface area contributed by atoms with E-state index in [2.05, 4.69) is 4.98 Å². The van der Waals surface area contributed by atoms with Gasteiger partial charge in [0.1, 0.15) is 0 Å². The zero-order chi connectivity index (χ0) is 13.8. The summed E-state index contributed by atoms with van der Waals surface area (Å²) in [5.74, 6) is 1.07. The van der Waals surface area contributed by atoms with E-state index < -0.39 is 0 Å². The van der Waals surface area contributed by atoms with Crippen LogP contribution < -0.4 is 4.74 Å². The molecule has 1 aromatic rings. The average Bonchev–Trinajstić information content (AvgIpc) is 2.28. The van der Waals surface area contributed by atoms with E-state index in [-0.39, 0.29) is 5.60 Å². The first kappa shape index (κ1) is 15.3. The van der Waals surface area contributed by atoms with Crippen molar-refractivity contribution in [2.75, 3.05) is 13.7 Å². The highest BCUT2D eigenvalue weighted by Gasteiger charge is 2.17. The maximum Gasteiger partial charge on any atom is 0.218 e. The second-order valence-corrected chi connectivity index (χ2v) is 5.33.